The maximum Gasteiger partial charge on any atom is 0.261 e. The van der Waals surface area contributed by atoms with Crippen LogP contribution in [-0.4, -0.2) is 42.3 Å². The van der Waals surface area contributed by atoms with Gasteiger partial charge in [-0.05, 0) is 48.3 Å². The summed E-state index contributed by atoms with van der Waals surface area (Å²) >= 11 is 7.63. The molecule has 0 fully saturated rings. The van der Waals surface area contributed by atoms with Crippen LogP contribution < -0.4 is 11.1 Å². The molecule has 0 saturated carbocycles. The fourth-order valence-corrected chi connectivity index (χ4v) is 6.43. The number of amidine groups is 1. The fraction of sp³-hybridized carbons (Fsp3) is 0.389. The molecule has 1 aliphatic rings. The van der Waals surface area contributed by atoms with Gasteiger partial charge in [0.2, 0.25) is 0 Å². The minimum atomic E-state index is -2.56. The monoisotopic (exact) mass is 439 g/mol. The van der Waals surface area contributed by atoms with Gasteiger partial charge in [0, 0.05) is 18.1 Å². The van der Waals surface area contributed by atoms with E-state index in [9.17, 15) is 9.00 Å². The van der Waals surface area contributed by atoms with Crippen molar-refractivity contribution in [3.63, 3.8) is 0 Å². The highest BCUT2D eigenvalue weighted by Crippen LogP contribution is 2.43. The van der Waals surface area contributed by atoms with Crippen LogP contribution in [0.3, 0.4) is 0 Å². The maximum absolute atomic E-state index is 13.2. The zero-order valence-corrected chi connectivity index (χ0v) is 18.2. The first kappa shape index (κ1) is 20.8. The Balaban J connectivity index is 1.88. The number of nitrogens with one attached hydrogen (secondary N) is 1. The summed E-state index contributed by atoms with van der Waals surface area (Å²) in [6.07, 6.45) is 3.22. The molecule has 7 nitrogen and oxygen atoms in total. The Morgan fingerprint density at radius 1 is 1.39 bits per heavy atom. The van der Waals surface area contributed by atoms with Crippen LogP contribution >= 0.6 is 22.9 Å². The van der Waals surface area contributed by atoms with Gasteiger partial charge in [0.15, 0.2) is 0 Å². The molecular formula is C18H22ClN5O2S2. The highest BCUT2D eigenvalue weighted by Gasteiger charge is 2.46. The van der Waals surface area contributed by atoms with E-state index in [-0.39, 0.29) is 24.0 Å². The van der Waals surface area contributed by atoms with E-state index in [2.05, 4.69) is 26.1 Å². The Morgan fingerprint density at radius 3 is 2.64 bits per heavy atom. The van der Waals surface area contributed by atoms with E-state index < -0.39 is 19.8 Å². The van der Waals surface area contributed by atoms with Gasteiger partial charge in [-0.1, -0.05) is 11.6 Å². The lowest BCUT2D eigenvalue weighted by Gasteiger charge is -2.40. The standard InChI is InChI=1S/C18H22ClN5O2S2/c1-17(2)16(20)24-18(3,10-28(17,4)26)14-11(19)8-12(27-14)15(25)23-9-13-21-6-5-7-22-13/h5-8H,4,9-10H2,1-3H3,(H2,20,24)(H,23,25)/t18-,28?/m0/s1. The molecule has 1 aliphatic heterocycles. The number of aromatic nitrogens is 2. The molecule has 10 heteroatoms. The van der Waals surface area contributed by atoms with Crippen LogP contribution in [0.2, 0.25) is 5.02 Å². The third-order valence-corrected chi connectivity index (χ3v) is 9.75. The van der Waals surface area contributed by atoms with Gasteiger partial charge >= 0.3 is 0 Å². The number of carbonyl (C=O) groups is 1. The molecule has 28 heavy (non-hydrogen) atoms. The number of nitrogens with two attached hydrogens (primary N) is 1. The minimum Gasteiger partial charge on any atom is -0.386 e. The summed E-state index contributed by atoms with van der Waals surface area (Å²) in [4.78, 5) is 26.3. The van der Waals surface area contributed by atoms with Gasteiger partial charge in [-0.15, -0.1) is 11.3 Å². The Hall–Kier alpha value is -1.97. The number of amides is 1. The third-order valence-electron chi connectivity index (χ3n) is 4.85. The van der Waals surface area contributed by atoms with Crippen molar-refractivity contribution in [1.29, 1.82) is 0 Å². The van der Waals surface area contributed by atoms with E-state index in [4.69, 9.17) is 17.3 Å². The van der Waals surface area contributed by atoms with Crippen molar-refractivity contribution in [3.05, 3.63) is 45.1 Å². The molecule has 0 aromatic carbocycles. The molecule has 150 valence electrons. The summed E-state index contributed by atoms with van der Waals surface area (Å²) in [5, 5.41) is 3.16. The van der Waals surface area contributed by atoms with E-state index in [1.165, 1.54) is 11.3 Å². The molecule has 0 saturated heterocycles. The number of hydrogen-bond acceptors (Lipinski definition) is 7. The molecule has 1 amide bonds. The van der Waals surface area contributed by atoms with E-state index in [1.807, 2.05) is 6.92 Å². The number of thiophene rings is 1. The Kier molecular flexibility index (Phi) is 5.28. The van der Waals surface area contributed by atoms with Crippen LogP contribution in [0.25, 0.3) is 0 Å². The van der Waals surface area contributed by atoms with Crippen molar-refractivity contribution in [3.8, 4) is 0 Å². The molecule has 0 bridgehead atoms. The van der Waals surface area contributed by atoms with E-state index >= 15 is 0 Å². The van der Waals surface area contributed by atoms with E-state index in [1.54, 1.807) is 38.4 Å². The van der Waals surface area contributed by atoms with Crippen LogP contribution in [0.5, 0.6) is 0 Å². The van der Waals surface area contributed by atoms with Crippen molar-refractivity contribution in [2.24, 2.45) is 10.7 Å². The lowest BCUT2D eigenvalue weighted by atomic mass is 10.0. The summed E-state index contributed by atoms with van der Waals surface area (Å²) < 4.78 is 12.4. The zero-order valence-electron chi connectivity index (χ0n) is 15.9. The van der Waals surface area contributed by atoms with Crippen molar-refractivity contribution in [2.75, 3.05) is 5.75 Å². The third kappa shape index (κ3) is 3.66. The molecule has 0 spiro atoms. The van der Waals surface area contributed by atoms with Gasteiger partial charge in [0.1, 0.15) is 17.2 Å². The van der Waals surface area contributed by atoms with Gasteiger partial charge in [-0.3, -0.25) is 14.0 Å². The molecule has 1 unspecified atom stereocenters. The lowest BCUT2D eigenvalue weighted by molar-refractivity contribution is 0.0954. The Morgan fingerprint density at radius 2 is 2.04 bits per heavy atom. The quantitative estimate of drug-likeness (QED) is 0.709. The molecule has 2 atom stereocenters. The number of nitrogens with zero attached hydrogens (tertiary/aromatic N) is 3. The summed E-state index contributed by atoms with van der Waals surface area (Å²) in [7, 11) is -2.56. The molecule has 2 aromatic heterocycles. The maximum atomic E-state index is 13.2. The van der Waals surface area contributed by atoms with Crippen LogP contribution in [0.1, 0.15) is 41.1 Å². The molecule has 2 aromatic rings. The van der Waals surface area contributed by atoms with Gasteiger partial charge in [0.05, 0.1) is 26.1 Å². The Bertz CT molecular complexity index is 1050. The SMILES string of the molecule is C=S1(=O)C[C@@](C)(c2sc(C(=O)NCc3ncccn3)cc2Cl)N=C(N)C1(C)C. The summed E-state index contributed by atoms with van der Waals surface area (Å²) in [6.45, 7) is 5.58. The topological polar surface area (TPSA) is 110 Å². The molecule has 3 heterocycles. The van der Waals surface area contributed by atoms with Crippen molar-refractivity contribution in [2.45, 2.75) is 37.6 Å². The van der Waals surface area contributed by atoms with Gasteiger partial charge < -0.3 is 11.1 Å². The second kappa shape index (κ2) is 7.13. The van der Waals surface area contributed by atoms with Crippen molar-refractivity contribution in [1.82, 2.24) is 15.3 Å². The normalized spacial score (nSPS) is 26.5. The first-order valence-corrected chi connectivity index (χ1v) is 11.6. The van der Waals surface area contributed by atoms with Crippen LogP contribution in [-0.2, 0) is 21.6 Å². The predicted octanol–water partition coefficient (Wildman–Crippen LogP) is 2.20. The molecule has 3 rings (SSSR count). The highest BCUT2D eigenvalue weighted by molar-refractivity contribution is 8.02. The predicted molar refractivity (Wildman–Crippen MR) is 116 cm³/mol. The molecular weight excluding hydrogens is 418 g/mol. The molecule has 0 radical (unpaired) electrons. The number of carbonyl (C=O) groups excluding carboxylic acids is 1. The second-order valence-corrected chi connectivity index (χ2v) is 11.8. The van der Waals surface area contributed by atoms with Crippen LogP contribution in [0.4, 0.5) is 0 Å². The lowest BCUT2D eigenvalue weighted by Crippen LogP contribution is -2.54. The van der Waals surface area contributed by atoms with Gasteiger partial charge in [-0.2, -0.15) is 0 Å². The fourth-order valence-electron chi connectivity index (χ4n) is 2.89. The highest BCUT2D eigenvalue weighted by atomic mass is 35.5. The number of rotatable bonds is 4. The number of halogens is 1. The number of aliphatic imine (C=N–C) groups is 1. The van der Waals surface area contributed by atoms with Gasteiger partial charge in [0.25, 0.3) is 5.91 Å². The zero-order chi connectivity index (χ0) is 20.7. The average molecular weight is 440 g/mol. The number of hydrogen-bond donors (Lipinski definition) is 2. The van der Waals surface area contributed by atoms with Crippen LogP contribution in [0, 0.1) is 0 Å². The Labute approximate surface area is 173 Å². The second-order valence-electron chi connectivity index (χ2n) is 7.37. The summed E-state index contributed by atoms with van der Waals surface area (Å²) in [5.74, 6) is 4.62. The summed E-state index contributed by atoms with van der Waals surface area (Å²) in [6, 6.07) is 3.29. The van der Waals surface area contributed by atoms with Crippen LogP contribution in [0.15, 0.2) is 29.5 Å². The summed E-state index contributed by atoms with van der Waals surface area (Å²) in [5.41, 5.74) is 5.23. The largest absolute Gasteiger partial charge is 0.386 e. The van der Waals surface area contributed by atoms with E-state index in [0.717, 1.165) is 0 Å². The minimum absolute atomic E-state index is 0.201. The average Bonchev–Trinajstić information content (AvgIpc) is 3.01. The smallest absolute Gasteiger partial charge is 0.261 e. The van der Waals surface area contributed by atoms with Crippen molar-refractivity contribution < 1.29 is 9.00 Å². The molecule has 0 aliphatic carbocycles. The first-order valence-electron chi connectivity index (χ1n) is 8.50. The molecule has 3 N–H and O–H groups in total. The van der Waals surface area contributed by atoms with Crippen molar-refractivity contribution >= 4 is 50.1 Å². The van der Waals surface area contributed by atoms with E-state index in [0.29, 0.717) is 20.6 Å². The van der Waals surface area contributed by atoms with Gasteiger partial charge in [-0.25, -0.2) is 9.97 Å². The first-order chi connectivity index (χ1) is 13.0.